The van der Waals surface area contributed by atoms with Gasteiger partial charge in [0, 0.05) is 10.8 Å². The lowest BCUT2D eigenvalue weighted by Gasteiger charge is -2.34. The van der Waals surface area contributed by atoms with Crippen LogP contribution in [-0.4, -0.2) is 8.07 Å². The minimum atomic E-state index is -0.694. The minimum Gasteiger partial charge on any atom is -0.0692 e. The Hall–Kier alpha value is -0.363. The lowest BCUT2D eigenvalue weighted by atomic mass is 10.2. The molecule has 1 rings (SSSR count). The van der Waals surface area contributed by atoms with Gasteiger partial charge in [-0.05, 0) is 5.54 Å². The van der Waals surface area contributed by atoms with Crippen LogP contribution < -0.4 is 0 Å². The summed E-state index contributed by atoms with van der Waals surface area (Å²) >= 11 is 0. The molecule has 0 saturated carbocycles. The Labute approximate surface area is 70.4 Å². The Morgan fingerprint density at radius 2 is 1.73 bits per heavy atom. The van der Waals surface area contributed by atoms with Crippen molar-refractivity contribution in [1.82, 2.24) is 0 Å². The topological polar surface area (TPSA) is 47.6 Å². The van der Waals surface area contributed by atoms with Crippen LogP contribution in [0.1, 0.15) is 26.2 Å². The van der Waals surface area contributed by atoms with Gasteiger partial charge in [-0.25, -0.2) is 0 Å². The summed E-state index contributed by atoms with van der Waals surface area (Å²) in [7, 11) is -0.694. The van der Waals surface area contributed by atoms with Gasteiger partial charge in [0.25, 0.3) is 0 Å². The molecule has 1 aliphatic heterocycles. The molecule has 0 aromatic rings. The van der Waals surface area contributed by atoms with Gasteiger partial charge in [-0.15, -0.1) is 0 Å². The van der Waals surface area contributed by atoms with Crippen LogP contribution in [0, 0.1) is 10.8 Å². The van der Waals surface area contributed by atoms with Crippen molar-refractivity contribution in [3.05, 3.63) is 0 Å². The lowest BCUT2D eigenvalue weighted by Crippen LogP contribution is -2.33. The van der Waals surface area contributed by atoms with Gasteiger partial charge in [-0.1, -0.05) is 45.3 Å². The molecule has 3 heteroatoms. The molecule has 1 saturated heterocycles. The molecule has 1 unspecified atom stereocenters. The van der Waals surface area contributed by atoms with Crippen molar-refractivity contribution >= 4 is 8.07 Å². The predicted octanol–water partition coefficient (Wildman–Crippen LogP) is 3.30. The van der Waals surface area contributed by atoms with Gasteiger partial charge in [-0.3, -0.25) is 0 Å². The van der Waals surface area contributed by atoms with Gasteiger partial charge in [0.15, 0.2) is 0 Å². The van der Waals surface area contributed by atoms with Crippen LogP contribution in [0.3, 0.4) is 0 Å². The lowest BCUT2D eigenvalue weighted by molar-refractivity contribution is 0.635. The highest BCUT2D eigenvalue weighted by molar-refractivity contribution is 6.78. The summed E-state index contributed by atoms with van der Waals surface area (Å²) in [4.78, 5) is 0. The highest BCUT2D eigenvalue weighted by Gasteiger charge is 2.30. The van der Waals surface area contributed by atoms with Crippen molar-refractivity contribution in [2.75, 3.05) is 0 Å². The molecule has 1 fully saturated rings. The van der Waals surface area contributed by atoms with Gasteiger partial charge < -0.3 is 0 Å². The second kappa shape index (κ2) is 4.50. The molecule has 0 radical (unpaired) electrons. The smallest absolute Gasteiger partial charge is 0.0502 e. The zero-order valence-electron chi connectivity index (χ0n) is 7.80. The van der Waals surface area contributed by atoms with Gasteiger partial charge in [-0.2, -0.15) is 0 Å². The predicted molar refractivity (Wildman–Crippen MR) is 49.0 cm³/mol. The molecular weight excluding hydrogens is 152 g/mol. The van der Waals surface area contributed by atoms with Crippen LogP contribution in [-0.2, 0) is 0 Å². The van der Waals surface area contributed by atoms with Crippen molar-refractivity contribution in [3.8, 4) is 0 Å². The van der Waals surface area contributed by atoms with E-state index in [9.17, 15) is 0 Å². The SMILES string of the molecule is CC1CCCC[Si]1(C)C.N#N. The normalized spacial score (nSPS) is 28.3. The molecule has 1 heterocycles. The molecule has 0 aromatic heterocycles. The molecule has 1 atom stereocenters. The summed E-state index contributed by atoms with van der Waals surface area (Å²) in [5.74, 6) is 0. The molecule has 1 aliphatic rings. The Morgan fingerprint density at radius 3 is 2.00 bits per heavy atom. The number of rotatable bonds is 0. The van der Waals surface area contributed by atoms with E-state index in [0.29, 0.717) is 0 Å². The number of nitrogens with zero attached hydrogens (tertiary/aromatic N) is 2. The molecule has 0 aromatic carbocycles. The second-order valence-electron chi connectivity index (χ2n) is 4.14. The van der Waals surface area contributed by atoms with Gasteiger partial charge in [0.05, 0.1) is 8.07 Å². The number of hydrogen-bond donors (Lipinski definition) is 0. The quantitative estimate of drug-likeness (QED) is 0.413. The summed E-state index contributed by atoms with van der Waals surface area (Å²) in [6, 6.07) is 1.58. The molecule has 0 bridgehead atoms. The van der Waals surface area contributed by atoms with E-state index in [1.54, 1.807) is 6.04 Å². The van der Waals surface area contributed by atoms with Crippen LogP contribution in [0.15, 0.2) is 0 Å². The zero-order valence-corrected chi connectivity index (χ0v) is 8.80. The highest BCUT2D eigenvalue weighted by Crippen LogP contribution is 2.36. The van der Waals surface area contributed by atoms with Crippen molar-refractivity contribution in [2.24, 2.45) is 0 Å². The highest BCUT2D eigenvalue weighted by atomic mass is 28.3. The van der Waals surface area contributed by atoms with Crippen LogP contribution in [0.25, 0.3) is 0 Å². The summed E-state index contributed by atoms with van der Waals surface area (Å²) in [6.07, 6.45) is 4.53. The van der Waals surface area contributed by atoms with Gasteiger partial charge >= 0.3 is 0 Å². The monoisotopic (exact) mass is 170 g/mol. The molecule has 64 valence electrons. The molecule has 0 amide bonds. The maximum Gasteiger partial charge on any atom is 0.0502 e. The van der Waals surface area contributed by atoms with Crippen LogP contribution >= 0.6 is 0 Å². The maximum absolute atomic E-state index is 6.00. The summed E-state index contributed by atoms with van der Waals surface area (Å²) in [6.45, 7) is 7.53. The van der Waals surface area contributed by atoms with E-state index >= 15 is 0 Å². The van der Waals surface area contributed by atoms with Crippen molar-refractivity contribution in [2.45, 2.75) is 50.9 Å². The Balaban J connectivity index is 0.000000461. The summed E-state index contributed by atoms with van der Waals surface area (Å²) in [5, 5.41) is 12.0. The average Bonchev–Trinajstić information content (AvgIpc) is 2.00. The van der Waals surface area contributed by atoms with Gasteiger partial charge in [0.2, 0.25) is 0 Å². The first-order valence-corrected chi connectivity index (χ1v) is 7.61. The Morgan fingerprint density at radius 1 is 1.18 bits per heavy atom. The third-order valence-corrected chi connectivity index (χ3v) is 7.64. The first-order valence-electron chi connectivity index (χ1n) is 4.33. The average molecular weight is 170 g/mol. The van der Waals surface area contributed by atoms with E-state index in [4.69, 9.17) is 10.8 Å². The molecule has 0 N–H and O–H groups in total. The van der Waals surface area contributed by atoms with Crippen molar-refractivity contribution in [3.63, 3.8) is 0 Å². The van der Waals surface area contributed by atoms with Crippen LogP contribution in [0.5, 0.6) is 0 Å². The maximum atomic E-state index is 6.00. The van der Waals surface area contributed by atoms with Crippen molar-refractivity contribution in [1.29, 1.82) is 10.8 Å². The second-order valence-corrected chi connectivity index (χ2v) is 9.60. The van der Waals surface area contributed by atoms with Crippen molar-refractivity contribution < 1.29 is 0 Å². The molecule has 0 aliphatic carbocycles. The first kappa shape index (κ1) is 10.6. The third-order valence-electron chi connectivity index (χ3n) is 3.04. The Kier molecular flexibility index (Phi) is 4.35. The largest absolute Gasteiger partial charge is 0.0692 e. The van der Waals surface area contributed by atoms with E-state index in [0.717, 1.165) is 5.54 Å². The fourth-order valence-electron chi connectivity index (χ4n) is 1.67. The number of hydrogen-bond acceptors (Lipinski definition) is 2. The van der Waals surface area contributed by atoms with Crippen LogP contribution in [0.4, 0.5) is 0 Å². The van der Waals surface area contributed by atoms with E-state index in [1.807, 2.05) is 0 Å². The van der Waals surface area contributed by atoms with E-state index in [1.165, 1.54) is 19.3 Å². The summed E-state index contributed by atoms with van der Waals surface area (Å²) < 4.78 is 0. The molecule has 2 nitrogen and oxygen atoms in total. The molecular formula is C8H18N2Si. The van der Waals surface area contributed by atoms with Gasteiger partial charge in [0.1, 0.15) is 0 Å². The minimum absolute atomic E-state index is 0.694. The van der Waals surface area contributed by atoms with E-state index in [-0.39, 0.29) is 0 Å². The first-order chi connectivity index (χ1) is 5.13. The fraction of sp³-hybridized carbons (Fsp3) is 1.00. The third kappa shape index (κ3) is 3.02. The van der Waals surface area contributed by atoms with E-state index < -0.39 is 8.07 Å². The van der Waals surface area contributed by atoms with E-state index in [2.05, 4.69) is 20.0 Å². The molecule has 0 spiro atoms. The van der Waals surface area contributed by atoms with Crippen LogP contribution in [0.2, 0.25) is 24.7 Å². The zero-order chi connectivity index (χ0) is 8.91. The summed E-state index contributed by atoms with van der Waals surface area (Å²) in [5.41, 5.74) is 1.09. The standard InChI is InChI=1S/C8H18Si.N2/c1-8-6-4-5-7-9(8,2)3;1-2/h8H,4-7H2,1-3H3;. The fourth-order valence-corrected chi connectivity index (χ4v) is 4.31. The molecule has 11 heavy (non-hydrogen) atoms. The Bertz CT molecular complexity index is 131.